The van der Waals surface area contributed by atoms with E-state index in [0.29, 0.717) is 26.3 Å². The normalized spacial score (nSPS) is 20.8. The van der Waals surface area contributed by atoms with Crippen LogP contribution in [0.4, 0.5) is 4.79 Å². The molecular weight excluding hydrogens is 410 g/mol. The molecule has 0 spiro atoms. The monoisotopic (exact) mass is 443 g/mol. The van der Waals surface area contributed by atoms with Gasteiger partial charge in [-0.15, -0.1) is 0 Å². The average Bonchev–Trinajstić information content (AvgIpc) is 3.67. The summed E-state index contributed by atoms with van der Waals surface area (Å²) in [6, 6.07) is 4.40. The van der Waals surface area contributed by atoms with Crippen molar-refractivity contribution in [2.75, 3.05) is 40.0 Å². The zero-order valence-corrected chi connectivity index (χ0v) is 18.9. The molecule has 8 heteroatoms. The highest BCUT2D eigenvalue weighted by Crippen LogP contribution is 2.35. The fourth-order valence-electron chi connectivity index (χ4n) is 4.36. The summed E-state index contributed by atoms with van der Waals surface area (Å²) in [4.78, 5) is 26.6. The Kier molecular flexibility index (Phi) is 7.32. The lowest BCUT2D eigenvalue weighted by Crippen LogP contribution is -2.50. The standard InChI is InChI=1S/C24H33N3O5/c1-16(27(19-7-8-19)23(28)22-15-25-9-11-32-22)18-13-17-5-3-4-6-20(17)21(14-18)31-12-10-26-24(29)30-2/h5-6,13-14,16,19,22,25H,3-4,7-12,15H2,1-2H3,(H,26,29)/t16?,22-/m1/s1. The molecule has 4 rings (SSSR count). The molecular formula is C24H33N3O5. The van der Waals surface area contributed by atoms with Gasteiger partial charge in [-0.2, -0.15) is 0 Å². The highest BCUT2D eigenvalue weighted by molar-refractivity contribution is 5.82. The van der Waals surface area contributed by atoms with Gasteiger partial charge in [-0.1, -0.05) is 12.2 Å². The summed E-state index contributed by atoms with van der Waals surface area (Å²) in [5, 5.41) is 8.11. The van der Waals surface area contributed by atoms with Crippen LogP contribution in [0.2, 0.25) is 0 Å². The number of fused-ring (bicyclic) bond motifs is 1. The van der Waals surface area contributed by atoms with Crippen molar-refractivity contribution in [1.29, 1.82) is 0 Å². The number of carbonyl (C=O) groups excluding carboxylic acids is 2. The van der Waals surface area contributed by atoms with E-state index in [-0.39, 0.29) is 18.0 Å². The summed E-state index contributed by atoms with van der Waals surface area (Å²) in [6.45, 7) is 4.67. The minimum atomic E-state index is -0.476. The third-order valence-corrected chi connectivity index (χ3v) is 6.19. The number of amides is 2. The lowest BCUT2D eigenvalue weighted by Gasteiger charge is -2.34. The summed E-state index contributed by atoms with van der Waals surface area (Å²) in [5.41, 5.74) is 1.05. The quantitative estimate of drug-likeness (QED) is 0.579. The van der Waals surface area contributed by atoms with E-state index in [2.05, 4.69) is 40.5 Å². The second kappa shape index (κ2) is 10.4. The van der Waals surface area contributed by atoms with Gasteiger partial charge in [-0.25, -0.2) is 4.79 Å². The van der Waals surface area contributed by atoms with E-state index in [1.807, 2.05) is 11.0 Å². The predicted molar refractivity (Wildman–Crippen MR) is 121 cm³/mol. The zero-order valence-electron chi connectivity index (χ0n) is 18.9. The second-order valence-corrected chi connectivity index (χ2v) is 8.49. The predicted octanol–water partition coefficient (Wildman–Crippen LogP) is 0.817. The SMILES string of the molecule is COC(=O)NCCOc1cc(C(C)N(C(=O)[C@H]2CNCCO2)C2CC2)cc2c1=CCCC=2. The van der Waals surface area contributed by atoms with Crippen LogP contribution < -0.4 is 25.8 Å². The molecule has 2 atom stereocenters. The van der Waals surface area contributed by atoms with E-state index in [4.69, 9.17) is 9.47 Å². The molecule has 2 aliphatic carbocycles. The Morgan fingerprint density at radius 3 is 2.81 bits per heavy atom. The molecule has 0 radical (unpaired) electrons. The molecule has 174 valence electrons. The van der Waals surface area contributed by atoms with Crippen molar-refractivity contribution in [1.82, 2.24) is 15.5 Å². The van der Waals surface area contributed by atoms with Crippen LogP contribution in [0.3, 0.4) is 0 Å². The van der Waals surface area contributed by atoms with Crippen LogP contribution in [0.15, 0.2) is 12.1 Å². The van der Waals surface area contributed by atoms with E-state index in [0.717, 1.165) is 54.0 Å². The van der Waals surface area contributed by atoms with Crippen molar-refractivity contribution in [2.24, 2.45) is 0 Å². The number of morpholine rings is 1. The maximum atomic E-state index is 13.3. The Bertz CT molecular complexity index is 953. The molecule has 2 amide bonds. The van der Waals surface area contributed by atoms with Crippen LogP contribution in [0.1, 0.15) is 44.2 Å². The first-order valence-electron chi connectivity index (χ1n) is 11.5. The minimum absolute atomic E-state index is 0.0604. The summed E-state index contributed by atoms with van der Waals surface area (Å²) in [7, 11) is 1.34. The average molecular weight is 444 g/mol. The van der Waals surface area contributed by atoms with E-state index in [1.54, 1.807) is 0 Å². The van der Waals surface area contributed by atoms with Gasteiger partial charge >= 0.3 is 6.09 Å². The molecule has 1 heterocycles. The molecule has 0 aromatic heterocycles. The molecule has 2 fully saturated rings. The number of hydrogen-bond acceptors (Lipinski definition) is 6. The molecule has 3 aliphatic rings. The first-order valence-corrected chi connectivity index (χ1v) is 11.5. The Morgan fingerprint density at radius 1 is 1.28 bits per heavy atom. The first-order chi connectivity index (χ1) is 15.6. The third-order valence-electron chi connectivity index (χ3n) is 6.19. The van der Waals surface area contributed by atoms with Crippen LogP contribution >= 0.6 is 0 Å². The van der Waals surface area contributed by atoms with Crippen molar-refractivity contribution >= 4 is 24.2 Å². The fraction of sp³-hybridized carbons (Fsp3) is 0.583. The fourth-order valence-corrected chi connectivity index (χ4v) is 4.36. The number of nitrogens with zero attached hydrogens (tertiary/aromatic N) is 1. The first kappa shape index (κ1) is 22.6. The largest absolute Gasteiger partial charge is 0.491 e. The van der Waals surface area contributed by atoms with E-state index >= 15 is 0 Å². The van der Waals surface area contributed by atoms with Gasteiger partial charge in [-0.05, 0) is 55.5 Å². The van der Waals surface area contributed by atoms with Gasteiger partial charge in [0.1, 0.15) is 18.5 Å². The topological polar surface area (TPSA) is 89.1 Å². The Morgan fingerprint density at radius 2 is 2.09 bits per heavy atom. The van der Waals surface area contributed by atoms with Crippen molar-refractivity contribution in [3.63, 3.8) is 0 Å². The van der Waals surface area contributed by atoms with Crippen molar-refractivity contribution < 1.29 is 23.8 Å². The van der Waals surface area contributed by atoms with Gasteiger partial charge in [-0.3, -0.25) is 4.79 Å². The molecule has 8 nitrogen and oxygen atoms in total. The summed E-state index contributed by atoms with van der Waals surface area (Å²) >= 11 is 0. The number of methoxy groups -OCH3 is 1. The second-order valence-electron chi connectivity index (χ2n) is 8.49. The Hall–Kier alpha value is -2.58. The summed E-state index contributed by atoms with van der Waals surface area (Å²) in [6.07, 6.45) is 7.53. The molecule has 1 aromatic carbocycles. The van der Waals surface area contributed by atoms with Gasteiger partial charge in [0.05, 0.1) is 26.3 Å². The van der Waals surface area contributed by atoms with E-state index < -0.39 is 12.2 Å². The van der Waals surface area contributed by atoms with Gasteiger partial charge in [0.2, 0.25) is 0 Å². The molecule has 1 unspecified atom stereocenters. The van der Waals surface area contributed by atoms with Gasteiger partial charge in [0, 0.05) is 24.4 Å². The van der Waals surface area contributed by atoms with Gasteiger partial charge < -0.3 is 29.7 Å². The van der Waals surface area contributed by atoms with Crippen molar-refractivity contribution in [3.05, 3.63) is 28.1 Å². The number of hydrogen-bond donors (Lipinski definition) is 2. The zero-order chi connectivity index (χ0) is 22.5. The molecule has 1 aliphatic heterocycles. The van der Waals surface area contributed by atoms with Crippen LogP contribution in [0.25, 0.3) is 12.2 Å². The molecule has 2 N–H and O–H groups in total. The van der Waals surface area contributed by atoms with Crippen LogP contribution in [-0.2, 0) is 14.3 Å². The number of ether oxygens (including phenoxy) is 3. The van der Waals surface area contributed by atoms with Gasteiger partial charge in [0.15, 0.2) is 0 Å². The maximum Gasteiger partial charge on any atom is 0.406 e. The van der Waals surface area contributed by atoms with E-state index in [1.165, 1.54) is 7.11 Å². The van der Waals surface area contributed by atoms with E-state index in [9.17, 15) is 9.59 Å². The molecule has 1 saturated heterocycles. The summed E-state index contributed by atoms with van der Waals surface area (Å²) in [5.74, 6) is 0.843. The summed E-state index contributed by atoms with van der Waals surface area (Å²) < 4.78 is 16.4. The molecule has 1 aromatic rings. The number of nitrogens with one attached hydrogen (secondary N) is 2. The number of carbonyl (C=O) groups is 2. The Balaban J connectivity index is 1.56. The van der Waals surface area contributed by atoms with Crippen LogP contribution in [0, 0.1) is 0 Å². The van der Waals surface area contributed by atoms with Crippen LogP contribution in [-0.4, -0.2) is 69.0 Å². The maximum absolute atomic E-state index is 13.3. The minimum Gasteiger partial charge on any atom is -0.491 e. The number of benzene rings is 1. The third kappa shape index (κ3) is 5.24. The lowest BCUT2D eigenvalue weighted by atomic mass is 9.99. The smallest absolute Gasteiger partial charge is 0.406 e. The highest BCUT2D eigenvalue weighted by Gasteiger charge is 2.40. The van der Waals surface area contributed by atoms with Gasteiger partial charge in [0.25, 0.3) is 5.91 Å². The van der Waals surface area contributed by atoms with Crippen molar-refractivity contribution in [2.45, 2.75) is 50.8 Å². The number of alkyl carbamates (subject to hydrolysis) is 1. The lowest BCUT2D eigenvalue weighted by molar-refractivity contribution is -0.148. The van der Waals surface area contributed by atoms with Crippen LogP contribution in [0.5, 0.6) is 5.75 Å². The molecule has 1 saturated carbocycles. The molecule has 0 bridgehead atoms. The Labute approximate surface area is 188 Å². The highest BCUT2D eigenvalue weighted by atomic mass is 16.5. The molecule has 32 heavy (non-hydrogen) atoms. The van der Waals surface area contributed by atoms with Crippen molar-refractivity contribution in [3.8, 4) is 5.75 Å². The number of rotatable bonds is 8.